The molecular weight excluding hydrogens is 144 g/mol. The highest BCUT2D eigenvalue weighted by Gasteiger charge is 2.03. The summed E-state index contributed by atoms with van der Waals surface area (Å²) in [6.45, 7) is 0.124. The van der Waals surface area contributed by atoms with E-state index in [-0.39, 0.29) is 6.61 Å². The third-order valence-corrected chi connectivity index (χ3v) is 1.47. The molecule has 60 valence electrons. The van der Waals surface area contributed by atoms with E-state index in [1.807, 2.05) is 0 Å². The average molecular weight is 154 g/mol. The highest BCUT2D eigenvalue weighted by molar-refractivity contribution is 5.75. The average Bonchev–Trinajstić information content (AvgIpc) is 2.47. The lowest BCUT2D eigenvalue weighted by atomic mass is 10.2. The minimum Gasteiger partial charge on any atom is -0.469 e. The van der Waals surface area contributed by atoms with Crippen LogP contribution in [0.1, 0.15) is 22.5 Å². The molecule has 0 fully saturated rings. The van der Waals surface area contributed by atoms with Gasteiger partial charge in [0.1, 0.15) is 5.76 Å². The zero-order chi connectivity index (χ0) is 8.10. The predicted octanol–water partition coefficient (Wildman–Crippen LogP) is 1.02. The zero-order valence-corrected chi connectivity index (χ0v) is 6.12. The SMILES string of the molecule is O=Cc1ccoc1CCCO. The zero-order valence-electron chi connectivity index (χ0n) is 6.12. The molecule has 0 bridgehead atoms. The Morgan fingerprint density at radius 1 is 1.64 bits per heavy atom. The van der Waals surface area contributed by atoms with E-state index in [1.54, 1.807) is 6.07 Å². The lowest BCUT2D eigenvalue weighted by molar-refractivity contribution is 0.112. The molecule has 1 aromatic heterocycles. The normalized spacial score (nSPS) is 9.91. The summed E-state index contributed by atoms with van der Waals surface area (Å²) < 4.78 is 5.02. The lowest BCUT2D eigenvalue weighted by Gasteiger charge is -1.93. The Hall–Kier alpha value is -1.09. The number of carbonyl (C=O) groups excluding carboxylic acids is 1. The van der Waals surface area contributed by atoms with Crippen molar-refractivity contribution in [3.8, 4) is 0 Å². The maximum Gasteiger partial charge on any atom is 0.153 e. The molecule has 0 radical (unpaired) electrons. The van der Waals surface area contributed by atoms with Crippen molar-refractivity contribution in [1.82, 2.24) is 0 Å². The summed E-state index contributed by atoms with van der Waals surface area (Å²) >= 11 is 0. The van der Waals surface area contributed by atoms with Crippen LogP contribution >= 0.6 is 0 Å². The number of rotatable bonds is 4. The Morgan fingerprint density at radius 2 is 2.45 bits per heavy atom. The van der Waals surface area contributed by atoms with Gasteiger partial charge in [0, 0.05) is 13.0 Å². The molecule has 0 amide bonds. The number of aryl methyl sites for hydroxylation is 1. The first-order valence-electron chi connectivity index (χ1n) is 3.51. The highest BCUT2D eigenvalue weighted by atomic mass is 16.3. The van der Waals surface area contributed by atoms with Crippen LogP contribution in [0.2, 0.25) is 0 Å². The Labute approximate surface area is 64.6 Å². The highest BCUT2D eigenvalue weighted by Crippen LogP contribution is 2.09. The van der Waals surface area contributed by atoms with Gasteiger partial charge in [-0.3, -0.25) is 4.79 Å². The van der Waals surface area contributed by atoms with Crippen LogP contribution in [0.3, 0.4) is 0 Å². The van der Waals surface area contributed by atoms with Crippen molar-refractivity contribution in [2.24, 2.45) is 0 Å². The van der Waals surface area contributed by atoms with E-state index in [4.69, 9.17) is 9.52 Å². The molecule has 3 heteroatoms. The minimum absolute atomic E-state index is 0.124. The topological polar surface area (TPSA) is 50.4 Å². The fraction of sp³-hybridized carbons (Fsp3) is 0.375. The number of hydrogen-bond acceptors (Lipinski definition) is 3. The van der Waals surface area contributed by atoms with Crippen LogP contribution in [0.15, 0.2) is 16.7 Å². The van der Waals surface area contributed by atoms with Crippen LogP contribution < -0.4 is 0 Å². The largest absolute Gasteiger partial charge is 0.469 e. The molecule has 1 N–H and O–H groups in total. The first-order chi connectivity index (χ1) is 5.38. The molecule has 1 rings (SSSR count). The van der Waals surface area contributed by atoms with Gasteiger partial charge in [-0.1, -0.05) is 0 Å². The molecule has 0 saturated carbocycles. The van der Waals surface area contributed by atoms with E-state index in [1.165, 1.54) is 6.26 Å². The predicted molar refractivity (Wildman–Crippen MR) is 39.5 cm³/mol. The first kappa shape index (κ1) is 8.01. The lowest BCUT2D eigenvalue weighted by Crippen LogP contribution is -1.90. The summed E-state index contributed by atoms with van der Waals surface area (Å²) in [6.07, 6.45) is 3.50. The molecule has 0 aliphatic heterocycles. The van der Waals surface area contributed by atoms with Crippen molar-refractivity contribution < 1.29 is 14.3 Å². The first-order valence-corrected chi connectivity index (χ1v) is 3.51. The fourth-order valence-corrected chi connectivity index (χ4v) is 0.898. The molecule has 0 aliphatic carbocycles. The van der Waals surface area contributed by atoms with Gasteiger partial charge in [-0.05, 0) is 12.5 Å². The molecule has 3 nitrogen and oxygen atoms in total. The van der Waals surface area contributed by atoms with Gasteiger partial charge in [-0.15, -0.1) is 0 Å². The summed E-state index contributed by atoms with van der Waals surface area (Å²) in [5.74, 6) is 0.661. The Kier molecular flexibility index (Phi) is 2.86. The number of carbonyl (C=O) groups is 1. The molecule has 11 heavy (non-hydrogen) atoms. The van der Waals surface area contributed by atoms with Gasteiger partial charge >= 0.3 is 0 Å². The van der Waals surface area contributed by atoms with Gasteiger partial charge < -0.3 is 9.52 Å². The summed E-state index contributed by atoms with van der Waals surface area (Å²) in [5.41, 5.74) is 0.582. The van der Waals surface area contributed by atoms with Crippen LogP contribution in [-0.2, 0) is 6.42 Å². The standard InChI is InChI=1S/C8H10O3/c9-4-1-2-8-7(6-10)3-5-11-8/h3,5-6,9H,1-2,4H2. The van der Waals surface area contributed by atoms with Crippen molar-refractivity contribution in [3.05, 3.63) is 23.7 Å². The molecular formula is C8H10O3. The van der Waals surface area contributed by atoms with Crippen molar-refractivity contribution >= 4 is 6.29 Å². The number of furan rings is 1. The molecule has 0 saturated heterocycles. The third kappa shape index (κ3) is 1.91. The van der Waals surface area contributed by atoms with Gasteiger partial charge in [0.15, 0.2) is 6.29 Å². The quantitative estimate of drug-likeness (QED) is 0.658. The van der Waals surface area contributed by atoms with Gasteiger partial charge in [0.05, 0.1) is 11.8 Å². The van der Waals surface area contributed by atoms with Gasteiger partial charge in [-0.2, -0.15) is 0 Å². The smallest absolute Gasteiger partial charge is 0.153 e. The van der Waals surface area contributed by atoms with Gasteiger partial charge in [0.25, 0.3) is 0 Å². The molecule has 0 aliphatic rings. The number of aldehydes is 1. The minimum atomic E-state index is 0.124. The Morgan fingerprint density at radius 3 is 3.09 bits per heavy atom. The molecule has 0 aromatic carbocycles. The van der Waals surface area contributed by atoms with E-state index in [0.29, 0.717) is 24.2 Å². The maximum absolute atomic E-state index is 10.3. The third-order valence-electron chi connectivity index (χ3n) is 1.47. The van der Waals surface area contributed by atoms with E-state index in [0.717, 1.165) is 6.29 Å². The van der Waals surface area contributed by atoms with Crippen LogP contribution in [0, 0.1) is 0 Å². The van der Waals surface area contributed by atoms with Crippen LogP contribution in [0.4, 0.5) is 0 Å². The van der Waals surface area contributed by atoms with Crippen molar-refractivity contribution in [3.63, 3.8) is 0 Å². The van der Waals surface area contributed by atoms with E-state index in [2.05, 4.69) is 0 Å². The van der Waals surface area contributed by atoms with Crippen LogP contribution in [0.5, 0.6) is 0 Å². The molecule has 0 atom stereocenters. The number of aliphatic hydroxyl groups excluding tert-OH is 1. The van der Waals surface area contributed by atoms with Crippen LogP contribution in [0.25, 0.3) is 0 Å². The summed E-state index contributed by atoms with van der Waals surface area (Å²) in [6, 6.07) is 1.62. The summed E-state index contributed by atoms with van der Waals surface area (Å²) in [7, 11) is 0. The summed E-state index contributed by atoms with van der Waals surface area (Å²) in [4.78, 5) is 10.3. The Balaban J connectivity index is 2.61. The number of aliphatic hydroxyl groups is 1. The second-order valence-corrected chi connectivity index (χ2v) is 2.24. The van der Waals surface area contributed by atoms with E-state index in [9.17, 15) is 4.79 Å². The van der Waals surface area contributed by atoms with Gasteiger partial charge in [-0.25, -0.2) is 0 Å². The van der Waals surface area contributed by atoms with Crippen molar-refractivity contribution in [1.29, 1.82) is 0 Å². The number of hydrogen-bond donors (Lipinski definition) is 1. The second kappa shape index (κ2) is 3.93. The van der Waals surface area contributed by atoms with Crippen molar-refractivity contribution in [2.45, 2.75) is 12.8 Å². The van der Waals surface area contributed by atoms with E-state index < -0.39 is 0 Å². The molecule has 0 spiro atoms. The molecule has 1 heterocycles. The maximum atomic E-state index is 10.3. The second-order valence-electron chi connectivity index (χ2n) is 2.24. The summed E-state index contributed by atoms with van der Waals surface area (Å²) in [5, 5.41) is 8.50. The monoisotopic (exact) mass is 154 g/mol. The van der Waals surface area contributed by atoms with Crippen molar-refractivity contribution in [2.75, 3.05) is 6.61 Å². The molecule has 0 unspecified atom stereocenters. The van der Waals surface area contributed by atoms with Crippen LogP contribution in [-0.4, -0.2) is 18.0 Å². The van der Waals surface area contributed by atoms with E-state index >= 15 is 0 Å². The fourth-order valence-electron chi connectivity index (χ4n) is 0.898. The molecule has 1 aromatic rings. The Bertz CT molecular complexity index is 227. The van der Waals surface area contributed by atoms with Gasteiger partial charge in [0.2, 0.25) is 0 Å².